The molecule has 0 fully saturated rings. The van der Waals surface area contributed by atoms with E-state index in [-0.39, 0.29) is 11.1 Å². The second kappa shape index (κ2) is 3.93. The number of fused-ring (bicyclic) bond motifs is 1. The van der Waals surface area contributed by atoms with Crippen LogP contribution in [0.2, 0.25) is 0 Å². The summed E-state index contributed by atoms with van der Waals surface area (Å²) >= 11 is 2.66. The van der Waals surface area contributed by atoms with Crippen LogP contribution in [0.4, 0.5) is 8.78 Å². The molecule has 0 N–H and O–H groups in total. The largest absolute Gasteiger partial charge is 0.426 e. The van der Waals surface area contributed by atoms with Crippen molar-refractivity contribution in [3.63, 3.8) is 0 Å². The van der Waals surface area contributed by atoms with Crippen molar-refractivity contribution in [3.8, 4) is 0 Å². The first kappa shape index (κ1) is 12.3. The summed E-state index contributed by atoms with van der Waals surface area (Å²) in [6.07, 6.45) is 0. The number of oxazole rings is 1. The fraction of sp³-hybridized carbons (Fsp3) is 0.125. The van der Waals surface area contributed by atoms with Crippen LogP contribution in [0.3, 0.4) is 0 Å². The Kier molecular flexibility index (Phi) is 2.84. The molecule has 0 spiro atoms. The van der Waals surface area contributed by atoms with Gasteiger partial charge in [-0.1, -0.05) is 24.8 Å². The van der Waals surface area contributed by atoms with Crippen LogP contribution in [-0.4, -0.2) is 18.8 Å². The average Bonchev–Trinajstić information content (AvgIpc) is 2.57. The topological polar surface area (TPSA) is 69.4 Å². The molecule has 17 heavy (non-hydrogen) atoms. The minimum Gasteiger partial charge on any atom is -0.426 e. The van der Waals surface area contributed by atoms with E-state index in [1.807, 2.05) is 0 Å². The fourth-order valence-electron chi connectivity index (χ4n) is 1.13. The number of nitrogens with zero attached hydrogens (tertiary/aromatic N) is 1. The van der Waals surface area contributed by atoms with Crippen molar-refractivity contribution in [3.05, 3.63) is 24.3 Å². The summed E-state index contributed by atoms with van der Waals surface area (Å²) in [5.41, 5.74) is -3.76. The van der Waals surface area contributed by atoms with Crippen LogP contribution in [0, 0.1) is 0 Å². The van der Waals surface area contributed by atoms with Gasteiger partial charge in [0.05, 0.1) is 0 Å². The Labute approximate surface area is 99.9 Å². The first-order valence-electron chi connectivity index (χ1n) is 4.19. The van der Waals surface area contributed by atoms with Gasteiger partial charge in [0.1, 0.15) is 5.52 Å². The normalized spacial score (nSPS) is 13.1. The zero-order chi connectivity index (χ0) is 12.7. The van der Waals surface area contributed by atoms with E-state index in [1.165, 1.54) is 12.1 Å². The molecule has 2 rings (SSSR count). The lowest BCUT2D eigenvalue weighted by atomic mass is 10.3. The Morgan fingerprint density at radius 3 is 2.59 bits per heavy atom. The van der Waals surface area contributed by atoms with Gasteiger partial charge in [-0.25, -0.2) is 0 Å². The Bertz CT molecular complexity index is 614. The Morgan fingerprint density at radius 2 is 2.00 bits per heavy atom. The lowest BCUT2D eigenvalue weighted by Gasteiger charge is -2.07. The highest BCUT2D eigenvalue weighted by Crippen LogP contribution is 2.27. The Hall–Kier alpha value is -1.19. The third-order valence-electron chi connectivity index (χ3n) is 1.70. The number of halogens is 2. The molecule has 0 amide bonds. The summed E-state index contributed by atoms with van der Waals surface area (Å²) < 4.78 is 55.6. The Morgan fingerprint density at radius 1 is 1.35 bits per heavy atom. The molecule has 92 valence electrons. The van der Waals surface area contributed by atoms with E-state index in [1.54, 1.807) is 12.1 Å². The molecule has 2 aromatic rings. The van der Waals surface area contributed by atoms with Gasteiger partial charge in [0.15, 0.2) is 5.58 Å². The minimum absolute atomic E-state index is 0.150. The molecule has 0 atom stereocenters. The molecule has 0 saturated heterocycles. The molecular formula is C8H5F2NO4S2. The van der Waals surface area contributed by atoms with Gasteiger partial charge < -0.3 is 4.42 Å². The van der Waals surface area contributed by atoms with Crippen molar-refractivity contribution in [1.29, 1.82) is 0 Å². The lowest BCUT2D eigenvalue weighted by molar-refractivity contribution is -0.0818. The van der Waals surface area contributed by atoms with Gasteiger partial charge in [0.25, 0.3) is 0 Å². The summed E-state index contributed by atoms with van der Waals surface area (Å²) in [6.45, 7) is 0. The van der Waals surface area contributed by atoms with Crippen LogP contribution in [0.15, 0.2) is 33.9 Å². The molecule has 0 aliphatic heterocycles. The van der Waals surface area contributed by atoms with Gasteiger partial charge in [-0.15, -0.1) is 0 Å². The summed E-state index contributed by atoms with van der Waals surface area (Å²) in [5, 5.41) is -0.938. The number of alkyl halides is 2. The molecular weight excluding hydrogens is 276 g/mol. The number of para-hydroxylation sites is 2. The Balaban J connectivity index is 2.46. The molecule has 1 aromatic carbocycles. The lowest BCUT2D eigenvalue weighted by Crippen LogP contribution is -2.19. The maximum atomic E-state index is 12.4. The molecule has 1 heterocycles. The van der Waals surface area contributed by atoms with Gasteiger partial charge >= 0.3 is 20.8 Å². The third-order valence-corrected chi connectivity index (χ3v) is 2.94. The van der Waals surface area contributed by atoms with Gasteiger partial charge in [-0.2, -0.15) is 26.4 Å². The average molecular weight is 281 g/mol. The first-order valence-corrected chi connectivity index (χ1v) is 6.05. The molecule has 0 aliphatic carbocycles. The highest BCUT2D eigenvalue weighted by Gasteiger charge is 2.36. The van der Waals surface area contributed by atoms with Gasteiger partial charge in [0, 0.05) is 0 Å². The third kappa shape index (κ3) is 2.73. The highest BCUT2D eigenvalue weighted by molar-refractivity contribution is 7.87. The summed E-state index contributed by atoms with van der Waals surface area (Å²) in [5.74, 6) is 0. The molecule has 5 nitrogen and oxygen atoms in total. The number of thiol groups is 1. The van der Waals surface area contributed by atoms with E-state index >= 15 is 0 Å². The number of hydrogen-bond donors (Lipinski definition) is 1. The predicted octanol–water partition coefficient (Wildman–Crippen LogP) is 2.01. The van der Waals surface area contributed by atoms with Crippen molar-refractivity contribution >= 4 is 33.8 Å². The second-order valence-corrected chi connectivity index (χ2v) is 4.92. The maximum absolute atomic E-state index is 12.4. The van der Waals surface area contributed by atoms with E-state index in [0.29, 0.717) is 0 Å². The van der Waals surface area contributed by atoms with Crippen LogP contribution in [0.1, 0.15) is 0 Å². The predicted molar refractivity (Wildman–Crippen MR) is 56.2 cm³/mol. The van der Waals surface area contributed by atoms with Crippen LogP contribution >= 0.6 is 12.6 Å². The molecule has 0 radical (unpaired) electrons. The van der Waals surface area contributed by atoms with E-state index < -0.39 is 20.8 Å². The number of benzene rings is 1. The molecule has 1 aromatic heterocycles. The van der Waals surface area contributed by atoms with E-state index in [9.17, 15) is 17.2 Å². The van der Waals surface area contributed by atoms with Crippen LogP contribution in [-0.2, 0) is 14.3 Å². The SMILES string of the molecule is O=S(=O)(OC(F)(F)S)c1nc2ccccc2o1. The molecule has 9 heteroatoms. The van der Waals surface area contributed by atoms with Gasteiger partial charge in [-0.05, 0) is 12.1 Å². The van der Waals surface area contributed by atoms with Crippen LogP contribution in [0.5, 0.6) is 0 Å². The number of aromatic nitrogens is 1. The van der Waals surface area contributed by atoms with Gasteiger partial charge in [-0.3, -0.25) is 0 Å². The fourth-order valence-corrected chi connectivity index (χ4v) is 2.16. The summed E-state index contributed by atoms with van der Waals surface area (Å²) in [4.78, 5) is 3.52. The maximum Gasteiger partial charge on any atom is 0.419 e. The van der Waals surface area contributed by atoms with Crippen molar-refractivity contribution in [2.45, 2.75) is 10.7 Å². The number of hydrogen-bond acceptors (Lipinski definition) is 6. The standard InChI is InChI=1S/C8H5F2NO4S2/c9-8(10,16)15-17(12,13)7-11-5-3-1-2-4-6(5)14-7/h1-4,16H. The first-order chi connectivity index (χ1) is 7.78. The van der Waals surface area contributed by atoms with Crippen LogP contribution < -0.4 is 0 Å². The van der Waals surface area contributed by atoms with Crippen molar-refractivity contribution < 1.29 is 25.8 Å². The smallest absolute Gasteiger partial charge is 0.419 e. The molecule has 0 aliphatic rings. The van der Waals surface area contributed by atoms with E-state index in [2.05, 4.69) is 21.8 Å². The van der Waals surface area contributed by atoms with Crippen LogP contribution in [0.25, 0.3) is 11.1 Å². The van der Waals surface area contributed by atoms with E-state index in [4.69, 9.17) is 4.42 Å². The zero-order valence-corrected chi connectivity index (χ0v) is 9.71. The second-order valence-electron chi connectivity index (χ2n) is 2.97. The van der Waals surface area contributed by atoms with E-state index in [0.717, 1.165) is 0 Å². The van der Waals surface area contributed by atoms with Crippen molar-refractivity contribution in [2.75, 3.05) is 0 Å². The summed E-state index contributed by atoms with van der Waals surface area (Å²) in [7, 11) is -4.78. The van der Waals surface area contributed by atoms with Gasteiger partial charge in [0.2, 0.25) is 0 Å². The van der Waals surface area contributed by atoms with Crippen molar-refractivity contribution in [2.24, 2.45) is 0 Å². The summed E-state index contributed by atoms with van der Waals surface area (Å²) in [6, 6.07) is 6.09. The minimum atomic E-state index is -4.78. The quantitative estimate of drug-likeness (QED) is 0.529. The monoisotopic (exact) mass is 281 g/mol. The molecule has 0 bridgehead atoms. The highest BCUT2D eigenvalue weighted by atomic mass is 32.2. The zero-order valence-electron chi connectivity index (χ0n) is 8.00. The molecule has 0 unspecified atom stereocenters. The molecule has 0 saturated carbocycles. The van der Waals surface area contributed by atoms with Crippen molar-refractivity contribution in [1.82, 2.24) is 4.98 Å². The number of rotatable bonds is 3.